The van der Waals surface area contributed by atoms with Crippen molar-refractivity contribution in [1.29, 1.82) is 0 Å². The van der Waals surface area contributed by atoms with Crippen molar-refractivity contribution < 1.29 is 4.79 Å². The van der Waals surface area contributed by atoms with Crippen molar-refractivity contribution in [1.82, 2.24) is 20.1 Å². The Kier molecular flexibility index (Phi) is 5.25. The first kappa shape index (κ1) is 17.4. The highest BCUT2D eigenvalue weighted by atomic mass is 32.1. The fraction of sp³-hybridized carbons (Fsp3) is 0.190. The molecule has 0 aliphatic heterocycles. The van der Waals surface area contributed by atoms with Gasteiger partial charge in [-0.25, -0.2) is 9.67 Å². The van der Waals surface area contributed by atoms with Gasteiger partial charge in [-0.3, -0.25) is 4.79 Å². The molecule has 2 aromatic heterocycles. The molecule has 0 fully saturated rings. The van der Waals surface area contributed by atoms with Crippen LogP contribution in [0.1, 0.15) is 17.0 Å². The predicted octanol–water partition coefficient (Wildman–Crippen LogP) is 3.77. The standard InChI is InChI=1S/C21H20N4OS/c26-20(13-16-14-23-25(15-16)17-7-2-1-3-8-17)22-12-6-11-21-24-18-9-4-5-10-19(18)27-21/h1-5,7-10,14-15H,6,11-13H2,(H,22,26). The summed E-state index contributed by atoms with van der Waals surface area (Å²) in [4.78, 5) is 16.8. The molecular weight excluding hydrogens is 356 g/mol. The molecule has 0 bridgehead atoms. The van der Waals surface area contributed by atoms with Crippen LogP contribution in [-0.4, -0.2) is 27.2 Å². The number of fused-ring (bicyclic) bond motifs is 1. The topological polar surface area (TPSA) is 59.8 Å². The SMILES string of the molecule is O=C(Cc1cnn(-c2ccccc2)c1)NCCCc1nc2ccccc2s1. The molecule has 4 aromatic rings. The van der Waals surface area contributed by atoms with E-state index in [4.69, 9.17) is 0 Å². The highest BCUT2D eigenvalue weighted by Gasteiger charge is 2.07. The van der Waals surface area contributed by atoms with Crippen molar-refractivity contribution in [2.24, 2.45) is 0 Å². The summed E-state index contributed by atoms with van der Waals surface area (Å²) in [5, 5.41) is 8.43. The number of carbonyl (C=O) groups excluding carboxylic acids is 1. The Balaban J connectivity index is 1.23. The number of aromatic nitrogens is 3. The summed E-state index contributed by atoms with van der Waals surface area (Å²) in [7, 11) is 0. The fourth-order valence-corrected chi connectivity index (χ4v) is 3.92. The van der Waals surface area contributed by atoms with Gasteiger partial charge in [-0.2, -0.15) is 5.10 Å². The average Bonchev–Trinajstić information content (AvgIpc) is 3.32. The Morgan fingerprint density at radius 1 is 1.07 bits per heavy atom. The second-order valence-corrected chi connectivity index (χ2v) is 7.45. The number of benzene rings is 2. The van der Waals surface area contributed by atoms with E-state index in [0.29, 0.717) is 13.0 Å². The first-order valence-electron chi connectivity index (χ1n) is 8.98. The van der Waals surface area contributed by atoms with E-state index in [1.165, 1.54) is 4.70 Å². The van der Waals surface area contributed by atoms with Crippen molar-refractivity contribution in [2.45, 2.75) is 19.3 Å². The van der Waals surface area contributed by atoms with Gasteiger partial charge in [-0.15, -0.1) is 11.3 Å². The Morgan fingerprint density at radius 3 is 2.74 bits per heavy atom. The van der Waals surface area contributed by atoms with Crippen LogP contribution >= 0.6 is 11.3 Å². The third kappa shape index (κ3) is 4.41. The lowest BCUT2D eigenvalue weighted by Crippen LogP contribution is -2.26. The second kappa shape index (κ2) is 8.14. The number of aryl methyl sites for hydroxylation is 1. The Bertz CT molecular complexity index is 1010. The second-order valence-electron chi connectivity index (χ2n) is 6.33. The number of thiazole rings is 1. The van der Waals surface area contributed by atoms with E-state index in [-0.39, 0.29) is 5.91 Å². The molecular formula is C21H20N4OS. The van der Waals surface area contributed by atoms with Gasteiger partial charge in [0.05, 0.1) is 33.5 Å². The summed E-state index contributed by atoms with van der Waals surface area (Å²) in [6, 6.07) is 18.0. The summed E-state index contributed by atoms with van der Waals surface area (Å²) in [6.45, 7) is 0.654. The smallest absolute Gasteiger partial charge is 0.224 e. The van der Waals surface area contributed by atoms with Crippen molar-refractivity contribution in [3.63, 3.8) is 0 Å². The first-order chi connectivity index (χ1) is 13.3. The van der Waals surface area contributed by atoms with Crippen LogP contribution in [-0.2, 0) is 17.6 Å². The van der Waals surface area contributed by atoms with Crippen LogP contribution in [0.15, 0.2) is 67.0 Å². The van der Waals surface area contributed by atoms with Gasteiger partial charge < -0.3 is 5.32 Å². The van der Waals surface area contributed by atoms with Crippen molar-refractivity contribution in [3.8, 4) is 5.69 Å². The zero-order chi connectivity index (χ0) is 18.5. The number of amides is 1. The van der Waals surface area contributed by atoms with Gasteiger partial charge in [0.2, 0.25) is 5.91 Å². The van der Waals surface area contributed by atoms with E-state index < -0.39 is 0 Å². The minimum atomic E-state index is 0.0203. The molecule has 0 unspecified atom stereocenters. The summed E-state index contributed by atoms with van der Waals surface area (Å²) in [6.07, 6.45) is 5.75. The maximum Gasteiger partial charge on any atom is 0.224 e. The molecule has 4 rings (SSSR count). The summed E-state index contributed by atoms with van der Waals surface area (Å²) in [5.74, 6) is 0.0203. The fourth-order valence-electron chi connectivity index (χ4n) is 2.92. The normalized spacial score (nSPS) is 11.0. The van der Waals surface area contributed by atoms with Gasteiger partial charge in [-0.1, -0.05) is 30.3 Å². The minimum Gasteiger partial charge on any atom is -0.356 e. The minimum absolute atomic E-state index is 0.0203. The number of nitrogens with one attached hydrogen (secondary N) is 1. The maximum absolute atomic E-state index is 12.1. The molecule has 1 amide bonds. The number of hydrogen-bond acceptors (Lipinski definition) is 4. The average molecular weight is 376 g/mol. The molecule has 136 valence electrons. The molecule has 5 nitrogen and oxygen atoms in total. The molecule has 0 saturated heterocycles. The summed E-state index contributed by atoms with van der Waals surface area (Å²) >= 11 is 1.72. The highest BCUT2D eigenvalue weighted by molar-refractivity contribution is 7.18. The molecule has 0 spiro atoms. The maximum atomic E-state index is 12.1. The molecule has 0 aliphatic carbocycles. The summed E-state index contributed by atoms with van der Waals surface area (Å²) in [5.41, 5.74) is 2.94. The molecule has 0 saturated carbocycles. The molecule has 0 aliphatic rings. The van der Waals surface area contributed by atoms with Crippen LogP contribution in [0.4, 0.5) is 0 Å². The number of nitrogens with zero attached hydrogens (tertiary/aromatic N) is 3. The molecule has 1 N–H and O–H groups in total. The zero-order valence-electron chi connectivity index (χ0n) is 14.8. The van der Waals surface area contributed by atoms with Crippen molar-refractivity contribution in [3.05, 3.63) is 77.6 Å². The van der Waals surface area contributed by atoms with E-state index in [0.717, 1.165) is 34.6 Å². The number of rotatable bonds is 7. The van der Waals surface area contributed by atoms with Crippen LogP contribution in [0.5, 0.6) is 0 Å². The molecule has 2 heterocycles. The van der Waals surface area contributed by atoms with E-state index in [1.807, 2.05) is 54.7 Å². The molecule has 0 radical (unpaired) electrons. The third-order valence-corrected chi connectivity index (χ3v) is 5.35. The van der Waals surface area contributed by atoms with Crippen LogP contribution in [0.25, 0.3) is 15.9 Å². The van der Waals surface area contributed by atoms with E-state index >= 15 is 0 Å². The van der Waals surface area contributed by atoms with Gasteiger partial charge in [0.1, 0.15) is 0 Å². The lowest BCUT2D eigenvalue weighted by atomic mass is 10.2. The van der Waals surface area contributed by atoms with E-state index in [1.54, 1.807) is 22.2 Å². The van der Waals surface area contributed by atoms with Crippen LogP contribution in [0.2, 0.25) is 0 Å². The zero-order valence-corrected chi connectivity index (χ0v) is 15.7. The summed E-state index contributed by atoms with van der Waals surface area (Å²) < 4.78 is 3.00. The Hall–Kier alpha value is -2.99. The lowest BCUT2D eigenvalue weighted by Gasteiger charge is -2.03. The lowest BCUT2D eigenvalue weighted by molar-refractivity contribution is -0.120. The van der Waals surface area contributed by atoms with E-state index in [2.05, 4.69) is 21.5 Å². The molecule has 27 heavy (non-hydrogen) atoms. The molecule has 2 aromatic carbocycles. The number of para-hydroxylation sites is 2. The monoisotopic (exact) mass is 376 g/mol. The highest BCUT2D eigenvalue weighted by Crippen LogP contribution is 2.22. The van der Waals surface area contributed by atoms with Gasteiger partial charge in [0, 0.05) is 19.2 Å². The molecule has 6 heteroatoms. The van der Waals surface area contributed by atoms with Crippen LogP contribution in [0.3, 0.4) is 0 Å². The Labute approximate surface area is 161 Å². The molecule has 0 atom stereocenters. The van der Waals surface area contributed by atoms with Crippen molar-refractivity contribution >= 4 is 27.5 Å². The first-order valence-corrected chi connectivity index (χ1v) is 9.80. The van der Waals surface area contributed by atoms with Gasteiger partial charge >= 0.3 is 0 Å². The van der Waals surface area contributed by atoms with Crippen molar-refractivity contribution in [2.75, 3.05) is 6.54 Å². The van der Waals surface area contributed by atoms with Crippen LogP contribution in [0, 0.1) is 0 Å². The number of carbonyl (C=O) groups is 1. The van der Waals surface area contributed by atoms with E-state index in [9.17, 15) is 4.79 Å². The van der Waals surface area contributed by atoms with Crippen LogP contribution < -0.4 is 5.32 Å². The largest absolute Gasteiger partial charge is 0.356 e. The Morgan fingerprint density at radius 2 is 1.89 bits per heavy atom. The number of hydrogen-bond donors (Lipinski definition) is 1. The third-order valence-electron chi connectivity index (χ3n) is 4.25. The van der Waals surface area contributed by atoms with Gasteiger partial charge in [0.25, 0.3) is 0 Å². The van der Waals surface area contributed by atoms with Gasteiger partial charge in [0.15, 0.2) is 0 Å². The quantitative estimate of drug-likeness (QED) is 0.500. The predicted molar refractivity (Wildman–Crippen MR) is 108 cm³/mol. The van der Waals surface area contributed by atoms with Gasteiger partial charge in [-0.05, 0) is 36.2 Å².